The molecule has 0 bridgehead atoms. The first-order valence-corrected chi connectivity index (χ1v) is 13.7. The van der Waals surface area contributed by atoms with Crippen molar-refractivity contribution in [3.63, 3.8) is 0 Å². The van der Waals surface area contributed by atoms with Gasteiger partial charge in [0.1, 0.15) is 11.4 Å². The van der Waals surface area contributed by atoms with E-state index >= 15 is 0 Å². The van der Waals surface area contributed by atoms with Gasteiger partial charge in [-0.3, -0.25) is 10.1 Å². The van der Waals surface area contributed by atoms with Crippen LogP contribution in [0.3, 0.4) is 0 Å². The van der Waals surface area contributed by atoms with Crippen LogP contribution in [0, 0.1) is 5.82 Å². The molecule has 0 saturated heterocycles. The van der Waals surface area contributed by atoms with Crippen molar-refractivity contribution in [2.75, 3.05) is 16.4 Å². The highest BCUT2D eigenvalue weighted by Crippen LogP contribution is 2.31. The average Bonchev–Trinajstić information content (AvgIpc) is 3.19. The van der Waals surface area contributed by atoms with Crippen molar-refractivity contribution in [2.24, 2.45) is 4.36 Å². The third-order valence-corrected chi connectivity index (χ3v) is 8.23. The van der Waals surface area contributed by atoms with Crippen LogP contribution in [0.4, 0.5) is 20.6 Å². The molecule has 7 nitrogen and oxygen atoms in total. The summed E-state index contributed by atoms with van der Waals surface area (Å²) in [6.45, 7) is 7.20. The fourth-order valence-electron chi connectivity index (χ4n) is 3.91. The van der Waals surface area contributed by atoms with Crippen molar-refractivity contribution in [1.29, 1.82) is 0 Å². The summed E-state index contributed by atoms with van der Waals surface area (Å²) in [4.78, 5) is 26.2. The summed E-state index contributed by atoms with van der Waals surface area (Å²) in [5.74, 6) is -0.262. The molecule has 4 rings (SSSR count). The number of hydrogen-bond donors (Lipinski definition) is 2. The third kappa shape index (κ3) is 6.54. The maximum absolute atomic E-state index is 13.4. The van der Waals surface area contributed by atoms with E-state index in [9.17, 15) is 18.2 Å². The average molecular weight is 524 g/mol. The molecule has 2 atom stereocenters. The Balaban J connectivity index is 1.61. The summed E-state index contributed by atoms with van der Waals surface area (Å²) < 4.78 is 36.2. The van der Waals surface area contributed by atoms with Crippen LogP contribution in [0.1, 0.15) is 44.5 Å². The van der Waals surface area contributed by atoms with Crippen LogP contribution < -0.4 is 10.6 Å². The highest BCUT2D eigenvalue weighted by atomic mass is 32.2. The second kappa shape index (κ2) is 10.3. The number of halogens is 1. The van der Waals surface area contributed by atoms with E-state index < -0.39 is 27.3 Å². The summed E-state index contributed by atoms with van der Waals surface area (Å²) >= 11 is 0. The molecule has 0 radical (unpaired) electrons. The Kier molecular flexibility index (Phi) is 7.36. The van der Waals surface area contributed by atoms with Gasteiger partial charge in [0.15, 0.2) is 0 Å². The highest BCUT2D eigenvalue weighted by Gasteiger charge is 2.23. The molecule has 3 aromatic carbocycles. The molecule has 0 aliphatic carbocycles. The Morgan fingerprint density at radius 1 is 0.946 bits per heavy atom. The first-order valence-electron chi connectivity index (χ1n) is 12.0. The molecule has 2 unspecified atom stereocenters. The molecule has 194 valence electrons. The Morgan fingerprint density at radius 3 is 2.19 bits per heavy atom. The summed E-state index contributed by atoms with van der Waals surface area (Å²) in [5, 5.41) is 5.52. The molecule has 0 saturated carbocycles. The minimum absolute atomic E-state index is 0.0553. The normalized spacial score (nSPS) is 19.1. The van der Waals surface area contributed by atoms with Gasteiger partial charge in [0.25, 0.3) is 5.91 Å². The Labute approximate surface area is 216 Å². The number of nitrogens with zero attached hydrogens (tertiary/aromatic N) is 1. The minimum atomic E-state index is -2.45. The predicted octanol–water partition coefficient (Wildman–Crippen LogP) is 6.71. The summed E-state index contributed by atoms with van der Waals surface area (Å²) in [5.41, 5.74) is 1.79. The summed E-state index contributed by atoms with van der Waals surface area (Å²) in [7, 11) is -2.45. The molecule has 1 heterocycles. The number of hydrogen-bond acceptors (Lipinski definition) is 5. The van der Waals surface area contributed by atoms with E-state index in [4.69, 9.17) is 4.74 Å². The van der Waals surface area contributed by atoms with Crippen LogP contribution in [0.2, 0.25) is 0 Å². The quantitative estimate of drug-likeness (QED) is 0.388. The van der Waals surface area contributed by atoms with Crippen LogP contribution in [0.5, 0.6) is 0 Å². The van der Waals surface area contributed by atoms with Crippen molar-refractivity contribution in [3.05, 3.63) is 78.1 Å². The maximum atomic E-state index is 13.4. The molecule has 0 fully saturated rings. The van der Waals surface area contributed by atoms with Gasteiger partial charge >= 0.3 is 6.09 Å². The zero-order valence-electron chi connectivity index (χ0n) is 21.2. The van der Waals surface area contributed by atoms with Gasteiger partial charge in [-0.2, -0.15) is 0 Å². The SMILES string of the molecule is CC1CCS(=O)(c2ccc(C(=O)Nc3cc(-c4ccc(F)cc4)ccc3NC(=O)OC(C)(C)C)cc2)=N1. The second-order valence-electron chi connectivity index (χ2n) is 9.96. The van der Waals surface area contributed by atoms with Gasteiger partial charge in [-0.25, -0.2) is 17.8 Å². The molecular weight excluding hydrogens is 493 g/mol. The summed E-state index contributed by atoms with van der Waals surface area (Å²) in [6, 6.07) is 17.7. The molecule has 3 aromatic rings. The van der Waals surface area contributed by atoms with E-state index in [1.807, 2.05) is 6.92 Å². The largest absolute Gasteiger partial charge is 0.444 e. The zero-order chi connectivity index (χ0) is 26.8. The van der Waals surface area contributed by atoms with Crippen molar-refractivity contribution in [2.45, 2.75) is 50.7 Å². The van der Waals surface area contributed by atoms with Crippen molar-refractivity contribution >= 4 is 33.1 Å². The molecule has 1 aliphatic heterocycles. The van der Waals surface area contributed by atoms with Crippen molar-refractivity contribution < 1.29 is 22.9 Å². The number of carbonyl (C=O) groups is 2. The first kappa shape index (κ1) is 26.3. The second-order valence-corrected chi connectivity index (χ2v) is 12.3. The summed E-state index contributed by atoms with van der Waals surface area (Å²) in [6.07, 6.45) is 0.110. The highest BCUT2D eigenvalue weighted by molar-refractivity contribution is 7.93. The lowest BCUT2D eigenvalue weighted by atomic mass is 10.0. The van der Waals surface area contributed by atoms with Gasteiger partial charge in [-0.1, -0.05) is 18.2 Å². The number of ether oxygens (including phenoxy) is 1. The van der Waals surface area contributed by atoms with E-state index in [1.54, 1.807) is 75.4 Å². The van der Waals surface area contributed by atoms with E-state index in [2.05, 4.69) is 15.0 Å². The number of carbonyl (C=O) groups excluding carboxylic acids is 2. The van der Waals surface area contributed by atoms with Crippen LogP contribution in [-0.2, 0) is 14.5 Å². The molecule has 37 heavy (non-hydrogen) atoms. The number of amides is 2. The molecule has 2 N–H and O–H groups in total. The minimum Gasteiger partial charge on any atom is -0.444 e. The van der Waals surface area contributed by atoms with E-state index in [0.29, 0.717) is 33.2 Å². The number of benzene rings is 3. The Hall–Kier alpha value is -3.72. The fourth-order valence-corrected chi connectivity index (χ4v) is 6.28. The zero-order valence-corrected chi connectivity index (χ0v) is 22.0. The van der Waals surface area contributed by atoms with Crippen LogP contribution in [0.25, 0.3) is 11.1 Å². The standard InChI is InChI=1S/C28H30FN3O4S/c1-18-15-16-37(35,32-18)23-12-7-20(8-13-23)26(33)30-25-17-21(19-5-10-22(29)11-6-19)9-14-24(25)31-27(34)36-28(2,3)4/h5-14,17-18H,15-16H2,1-4H3,(H,30,33)(H,31,34). The third-order valence-electron chi connectivity index (χ3n) is 5.73. The monoisotopic (exact) mass is 523 g/mol. The van der Waals surface area contributed by atoms with E-state index in [1.165, 1.54) is 12.1 Å². The predicted molar refractivity (Wildman–Crippen MR) is 144 cm³/mol. The Morgan fingerprint density at radius 2 is 1.59 bits per heavy atom. The van der Waals surface area contributed by atoms with Gasteiger partial charge in [-0.05, 0) is 93.8 Å². The molecule has 2 amide bonds. The van der Waals surface area contributed by atoms with E-state index in [0.717, 1.165) is 12.0 Å². The van der Waals surface area contributed by atoms with Gasteiger partial charge in [0.05, 0.1) is 27.1 Å². The number of rotatable bonds is 5. The maximum Gasteiger partial charge on any atom is 0.412 e. The molecule has 0 spiro atoms. The topological polar surface area (TPSA) is 96.9 Å². The van der Waals surface area contributed by atoms with Crippen molar-refractivity contribution in [3.8, 4) is 11.1 Å². The van der Waals surface area contributed by atoms with Gasteiger partial charge in [-0.15, -0.1) is 0 Å². The van der Waals surface area contributed by atoms with Crippen LogP contribution in [0.15, 0.2) is 76.0 Å². The molecule has 9 heteroatoms. The lowest BCUT2D eigenvalue weighted by Gasteiger charge is -2.21. The molecule has 1 aliphatic rings. The fraction of sp³-hybridized carbons (Fsp3) is 0.286. The first-order chi connectivity index (χ1) is 17.4. The Bertz CT molecular complexity index is 1440. The smallest absolute Gasteiger partial charge is 0.412 e. The lowest BCUT2D eigenvalue weighted by Crippen LogP contribution is -2.27. The van der Waals surface area contributed by atoms with Crippen molar-refractivity contribution in [1.82, 2.24) is 0 Å². The van der Waals surface area contributed by atoms with Crippen LogP contribution >= 0.6 is 0 Å². The van der Waals surface area contributed by atoms with E-state index in [-0.39, 0.29) is 11.9 Å². The van der Waals surface area contributed by atoms with Gasteiger partial charge in [0.2, 0.25) is 0 Å². The lowest BCUT2D eigenvalue weighted by molar-refractivity contribution is 0.0635. The molecule has 0 aromatic heterocycles. The van der Waals surface area contributed by atoms with Gasteiger partial charge in [0, 0.05) is 16.2 Å². The molecular formula is C28H30FN3O4S. The van der Waals surface area contributed by atoms with Gasteiger partial charge < -0.3 is 10.1 Å². The van der Waals surface area contributed by atoms with Crippen LogP contribution in [-0.4, -0.2) is 33.6 Å². The number of anilines is 2. The number of nitrogens with one attached hydrogen (secondary N) is 2.